The Labute approximate surface area is 122 Å². The average Bonchev–Trinajstić information content (AvgIpc) is 2.90. The SMILES string of the molecule is Cc1cc(=O)oc2cc(OC(=O)C[C@H]3C=CCC3)ccc12. The topological polar surface area (TPSA) is 56.5 Å². The van der Waals surface area contributed by atoms with Crippen LogP contribution >= 0.6 is 0 Å². The van der Waals surface area contributed by atoms with Crippen molar-refractivity contribution in [1.29, 1.82) is 0 Å². The van der Waals surface area contributed by atoms with Crippen LogP contribution in [0.3, 0.4) is 0 Å². The number of aryl methyl sites for hydroxylation is 1. The van der Waals surface area contributed by atoms with Gasteiger partial charge in [0.15, 0.2) is 0 Å². The molecule has 0 bridgehead atoms. The van der Waals surface area contributed by atoms with E-state index < -0.39 is 5.63 Å². The second kappa shape index (κ2) is 5.56. The molecule has 0 saturated heterocycles. The zero-order chi connectivity index (χ0) is 14.8. The van der Waals surface area contributed by atoms with Gasteiger partial charge in [-0.25, -0.2) is 4.79 Å². The Bertz CT molecular complexity index is 770. The summed E-state index contributed by atoms with van der Waals surface area (Å²) in [5.74, 6) is 0.419. The molecule has 0 radical (unpaired) electrons. The van der Waals surface area contributed by atoms with Crippen LogP contribution in [0.15, 0.2) is 45.6 Å². The predicted molar refractivity (Wildman–Crippen MR) is 79.3 cm³/mol. The number of rotatable bonds is 3. The zero-order valence-electron chi connectivity index (χ0n) is 11.8. The van der Waals surface area contributed by atoms with Crippen molar-refractivity contribution in [2.24, 2.45) is 5.92 Å². The molecule has 0 unspecified atom stereocenters. The number of carbonyl (C=O) groups excluding carboxylic acids is 1. The van der Waals surface area contributed by atoms with E-state index in [1.807, 2.05) is 6.92 Å². The van der Waals surface area contributed by atoms with Crippen molar-refractivity contribution in [2.75, 3.05) is 0 Å². The van der Waals surface area contributed by atoms with E-state index in [9.17, 15) is 9.59 Å². The summed E-state index contributed by atoms with van der Waals surface area (Å²) in [5, 5.41) is 0.841. The highest BCUT2D eigenvalue weighted by atomic mass is 16.5. The van der Waals surface area contributed by atoms with Gasteiger partial charge in [-0.2, -0.15) is 0 Å². The third kappa shape index (κ3) is 3.05. The fourth-order valence-corrected chi connectivity index (χ4v) is 2.62. The predicted octanol–water partition coefficient (Wildman–Crippen LogP) is 3.36. The van der Waals surface area contributed by atoms with E-state index in [4.69, 9.17) is 9.15 Å². The minimum Gasteiger partial charge on any atom is -0.426 e. The molecule has 21 heavy (non-hydrogen) atoms. The first-order valence-corrected chi connectivity index (χ1v) is 7.04. The Morgan fingerprint density at radius 3 is 3.00 bits per heavy atom. The van der Waals surface area contributed by atoms with E-state index in [1.165, 1.54) is 6.07 Å². The Morgan fingerprint density at radius 2 is 2.24 bits per heavy atom. The van der Waals surface area contributed by atoms with Crippen LogP contribution in [0.25, 0.3) is 11.0 Å². The van der Waals surface area contributed by atoms with Crippen molar-refractivity contribution in [3.8, 4) is 5.75 Å². The molecule has 108 valence electrons. The van der Waals surface area contributed by atoms with E-state index in [1.54, 1.807) is 18.2 Å². The van der Waals surface area contributed by atoms with Crippen molar-refractivity contribution >= 4 is 16.9 Å². The molecule has 0 fully saturated rings. The molecule has 0 amide bonds. The van der Waals surface area contributed by atoms with Gasteiger partial charge in [0.2, 0.25) is 0 Å². The van der Waals surface area contributed by atoms with Gasteiger partial charge in [-0.15, -0.1) is 0 Å². The van der Waals surface area contributed by atoms with Crippen molar-refractivity contribution < 1.29 is 13.9 Å². The van der Waals surface area contributed by atoms with Crippen LogP contribution in [0.4, 0.5) is 0 Å². The number of esters is 1. The first-order chi connectivity index (χ1) is 10.1. The minimum absolute atomic E-state index is 0.263. The second-order valence-electron chi connectivity index (χ2n) is 5.35. The molecule has 0 aliphatic heterocycles. The number of allylic oxidation sites excluding steroid dienone is 2. The smallest absolute Gasteiger partial charge is 0.336 e. The normalized spacial score (nSPS) is 17.3. The summed E-state index contributed by atoms with van der Waals surface area (Å²) in [6, 6.07) is 6.55. The number of hydrogen-bond donors (Lipinski definition) is 0. The van der Waals surface area contributed by atoms with Gasteiger partial charge in [-0.05, 0) is 43.4 Å². The Kier molecular flexibility index (Phi) is 3.60. The highest BCUT2D eigenvalue weighted by molar-refractivity contribution is 5.82. The summed E-state index contributed by atoms with van der Waals surface area (Å²) in [5.41, 5.74) is 0.876. The van der Waals surface area contributed by atoms with Gasteiger partial charge >= 0.3 is 11.6 Å². The number of fused-ring (bicyclic) bond motifs is 1. The molecule has 1 aliphatic carbocycles. The van der Waals surface area contributed by atoms with Gasteiger partial charge in [0, 0.05) is 17.5 Å². The number of benzene rings is 1. The van der Waals surface area contributed by atoms with Gasteiger partial charge in [0.05, 0.1) is 6.42 Å². The van der Waals surface area contributed by atoms with Crippen molar-refractivity contribution in [1.82, 2.24) is 0 Å². The van der Waals surface area contributed by atoms with Crippen LogP contribution in [0.1, 0.15) is 24.8 Å². The third-order valence-corrected chi connectivity index (χ3v) is 3.70. The Hall–Kier alpha value is -2.36. The molecule has 2 aromatic rings. The molecular formula is C17H16O4. The molecule has 1 aliphatic rings. The fraction of sp³-hybridized carbons (Fsp3) is 0.294. The van der Waals surface area contributed by atoms with Crippen LogP contribution in [-0.4, -0.2) is 5.97 Å². The molecule has 1 heterocycles. The van der Waals surface area contributed by atoms with Crippen LogP contribution in [-0.2, 0) is 4.79 Å². The lowest BCUT2D eigenvalue weighted by molar-refractivity contribution is -0.135. The van der Waals surface area contributed by atoms with Crippen LogP contribution < -0.4 is 10.4 Å². The summed E-state index contributed by atoms with van der Waals surface area (Å²) in [6.45, 7) is 1.84. The molecule has 1 aromatic carbocycles. The molecule has 4 nitrogen and oxygen atoms in total. The molecule has 0 spiro atoms. The lowest BCUT2D eigenvalue weighted by Gasteiger charge is -2.08. The third-order valence-electron chi connectivity index (χ3n) is 3.70. The number of carbonyl (C=O) groups is 1. The van der Waals surface area contributed by atoms with Gasteiger partial charge in [0.1, 0.15) is 11.3 Å². The lowest BCUT2D eigenvalue weighted by atomic mass is 10.1. The van der Waals surface area contributed by atoms with Crippen molar-refractivity contribution in [2.45, 2.75) is 26.2 Å². The Balaban J connectivity index is 1.79. The molecular weight excluding hydrogens is 268 g/mol. The first kappa shape index (κ1) is 13.6. The molecule has 1 atom stereocenters. The molecule has 3 rings (SSSR count). The van der Waals surface area contributed by atoms with E-state index in [0.29, 0.717) is 17.8 Å². The number of hydrogen-bond acceptors (Lipinski definition) is 4. The summed E-state index contributed by atoms with van der Waals surface area (Å²) < 4.78 is 10.5. The maximum atomic E-state index is 11.9. The van der Waals surface area contributed by atoms with E-state index in [0.717, 1.165) is 23.8 Å². The summed E-state index contributed by atoms with van der Waals surface area (Å²) >= 11 is 0. The molecule has 4 heteroatoms. The maximum Gasteiger partial charge on any atom is 0.336 e. The second-order valence-corrected chi connectivity index (χ2v) is 5.35. The van der Waals surface area contributed by atoms with Crippen LogP contribution in [0, 0.1) is 12.8 Å². The standard InChI is InChI=1S/C17H16O4/c1-11-8-16(18)21-15-10-13(6-7-14(11)15)20-17(19)9-12-4-2-3-5-12/h2,4,6-8,10,12H,3,5,9H2,1H3/t12-/m0/s1. The zero-order valence-corrected chi connectivity index (χ0v) is 11.8. The van der Waals surface area contributed by atoms with Gasteiger partial charge in [-0.1, -0.05) is 12.2 Å². The fourth-order valence-electron chi connectivity index (χ4n) is 2.62. The van der Waals surface area contributed by atoms with E-state index in [-0.39, 0.29) is 11.9 Å². The molecule has 0 saturated carbocycles. The number of ether oxygens (including phenoxy) is 1. The first-order valence-electron chi connectivity index (χ1n) is 7.04. The maximum absolute atomic E-state index is 11.9. The molecule has 1 aromatic heterocycles. The summed E-state index contributed by atoms with van der Waals surface area (Å²) in [6.07, 6.45) is 6.56. The van der Waals surface area contributed by atoms with Gasteiger partial charge < -0.3 is 9.15 Å². The summed E-state index contributed by atoms with van der Waals surface area (Å²) in [7, 11) is 0. The molecule has 0 N–H and O–H groups in total. The monoisotopic (exact) mass is 284 g/mol. The lowest BCUT2D eigenvalue weighted by Crippen LogP contribution is -2.12. The van der Waals surface area contributed by atoms with Gasteiger partial charge in [0.25, 0.3) is 0 Å². The minimum atomic E-state index is -0.403. The van der Waals surface area contributed by atoms with E-state index >= 15 is 0 Å². The van der Waals surface area contributed by atoms with Gasteiger partial charge in [-0.3, -0.25) is 4.79 Å². The highest BCUT2D eigenvalue weighted by Crippen LogP contribution is 2.24. The largest absolute Gasteiger partial charge is 0.426 e. The van der Waals surface area contributed by atoms with E-state index in [2.05, 4.69) is 12.2 Å². The average molecular weight is 284 g/mol. The van der Waals surface area contributed by atoms with Crippen LogP contribution in [0.5, 0.6) is 5.75 Å². The van der Waals surface area contributed by atoms with Crippen molar-refractivity contribution in [3.63, 3.8) is 0 Å². The quantitative estimate of drug-likeness (QED) is 0.375. The van der Waals surface area contributed by atoms with Crippen LogP contribution in [0.2, 0.25) is 0 Å². The highest BCUT2D eigenvalue weighted by Gasteiger charge is 2.16. The Morgan fingerprint density at radius 1 is 1.38 bits per heavy atom. The summed E-state index contributed by atoms with van der Waals surface area (Å²) in [4.78, 5) is 23.3. The van der Waals surface area contributed by atoms with Crippen molar-refractivity contribution in [3.05, 3.63) is 52.4 Å².